The number of likely N-dealkylation sites (tertiary alicyclic amines) is 1. The zero-order valence-electron chi connectivity index (χ0n) is 11.3. The van der Waals surface area contributed by atoms with Crippen LogP contribution in [0.1, 0.15) is 21.0 Å². The summed E-state index contributed by atoms with van der Waals surface area (Å²) in [5.74, 6) is -0.332. The lowest BCUT2D eigenvalue weighted by atomic mass is 9.77. The molecule has 0 amide bonds. The summed E-state index contributed by atoms with van der Waals surface area (Å²) in [7, 11) is 2.00. The first kappa shape index (κ1) is 13.9. The first-order valence-electron chi connectivity index (χ1n) is 6.64. The largest absolute Gasteiger partial charge is 0.383 e. The summed E-state index contributed by atoms with van der Waals surface area (Å²) in [6.07, 6.45) is 0.603. The highest BCUT2D eigenvalue weighted by atomic mass is 32.1. The van der Waals surface area contributed by atoms with Crippen LogP contribution in [-0.4, -0.2) is 35.9 Å². The van der Waals surface area contributed by atoms with Crippen LogP contribution in [0.3, 0.4) is 0 Å². The first-order chi connectivity index (χ1) is 9.61. The number of nitrogens with zero attached hydrogens (tertiary/aromatic N) is 1. The van der Waals surface area contributed by atoms with Crippen molar-refractivity contribution in [1.82, 2.24) is 4.90 Å². The Balaban J connectivity index is 1.97. The second-order valence-electron chi connectivity index (χ2n) is 5.31. The summed E-state index contributed by atoms with van der Waals surface area (Å²) in [6, 6.07) is 7.60. The molecule has 1 aliphatic rings. The Labute approximate surface area is 126 Å². The maximum absolute atomic E-state index is 12.7. The summed E-state index contributed by atoms with van der Waals surface area (Å²) < 4.78 is 0. The number of carbonyl (C=O) groups is 1. The molecule has 0 radical (unpaired) electrons. The molecule has 1 saturated heterocycles. The Bertz CT molecular complexity index is 579. The van der Waals surface area contributed by atoms with Crippen LogP contribution < -0.4 is 0 Å². The van der Waals surface area contributed by atoms with Gasteiger partial charge in [0.1, 0.15) is 5.60 Å². The zero-order valence-corrected chi connectivity index (χ0v) is 12.9. The van der Waals surface area contributed by atoms with Crippen LogP contribution in [0.15, 0.2) is 35.0 Å². The normalized spacial score (nSPS) is 27.6. The molecular formula is C15H17NO2S2. The summed E-state index contributed by atoms with van der Waals surface area (Å²) in [4.78, 5) is 16.5. The molecule has 2 aromatic rings. The van der Waals surface area contributed by atoms with Gasteiger partial charge in [0.2, 0.25) is 0 Å². The van der Waals surface area contributed by atoms with Gasteiger partial charge in [-0.25, -0.2) is 0 Å². The molecule has 1 N–H and O–H groups in total. The number of aliphatic hydroxyl groups is 1. The molecule has 3 nitrogen and oxygen atoms in total. The lowest BCUT2D eigenvalue weighted by Crippen LogP contribution is -2.51. The molecule has 0 spiro atoms. The van der Waals surface area contributed by atoms with Crippen molar-refractivity contribution >= 4 is 28.5 Å². The van der Waals surface area contributed by atoms with Crippen molar-refractivity contribution in [2.45, 2.75) is 12.0 Å². The van der Waals surface area contributed by atoms with E-state index in [2.05, 4.69) is 4.90 Å². The van der Waals surface area contributed by atoms with E-state index in [0.717, 1.165) is 16.3 Å². The van der Waals surface area contributed by atoms with E-state index in [1.807, 2.05) is 42.1 Å². The molecule has 0 aliphatic carbocycles. The van der Waals surface area contributed by atoms with Gasteiger partial charge in [0.25, 0.3) is 0 Å². The highest BCUT2D eigenvalue weighted by molar-refractivity contribution is 7.12. The standard InChI is InChI=1S/C15H17NO2S2/c1-16-7-6-15(18,13-5-3-9-20-13)11(10-16)14(17)12-4-2-8-19-12/h2-5,8-9,11,18H,6-7,10H2,1H3/t11-,15-/m0/s1. The quantitative estimate of drug-likeness (QED) is 0.887. The van der Waals surface area contributed by atoms with E-state index in [0.29, 0.717) is 13.0 Å². The van der Waals surface area contributed by atoms with Crippen LogP contribution >= 0.6 is 22.7 Å². The van der Waals surface area contributed by atoms with Gasteiger partial charge in [0.05, 0.1) is 10.8 Å². The minimum Gasteiger partial charge on any atom is -0.383 e. The highest BCUT2D eigenvalue weighted by Gasteiger charge is 2.47. The van der Waals surface area contributed by atoms with Crippen molar-refractivity contribution in [3.63, 3.8) is 0 Å². The highest BCUT2D eigenvalue weighted by Crippen LogP contribution is 2.41. The van der Waals surface area contributed by atoms with Crippen molar-refractivity contribution in [1.29, 1.82) is 0 Å². The molecular weight excluding hydrogens is 290 g/mol. The van der Waals surface area contributed by atoms with E-state index < -0.39 is 11.5 Å². The summed E-state index contributed by atoms with van der Waals surface area (Å²) in [6.45, 7) is 1.41. The van der Waals surface area contributed by atoms with Gasteiger partial charge in [-0.05, 0) is 36.4 Å². The van der Waals surface area contributed by atoms with E-state index in [1.54, 1.807) is 0 Å². The van der Waals surface area contributed by atoms with Crippen molar-refractivity contribution in [3.05, 3.63) is 44.8 Å². The Morgan fingerprint density at radius 2 is 2.10 bits per heavy atom. The zero-order chi connectivity index (χ0) is 14.2. The lowest BCUT2D eigenvalue weighted by molar-refractivity contribution is -0.0565. The second-order valence-corrected chi connectivity index (χ2v) is 7.20. The molecule has 5 heteroatoms. The number of piperidine rings is 1. The smallest absolute Gasteiger partial charge is 0.180 e. The van der Waals surface area contributed by atoms with E-state index in [1.165, 1.54) is 22.7 Å². The van der Waals surface area contributed by atoms with Crippen LogP contribution in [0.25, 0.3) is 0 Å². The van der Waals surface area contributed by atoms with Crippen LogP contribution in [0, 0.1) is 5.92 Å². The van der Waals surface area contributed by atoms with Gasteiger partial charge in [-0.1, -0.05) is 12.1 Å². The van der Waals surface area contributed by atoms with Crippen molar-refractivity contribution in [3.8, 4) is 0 Å². The van der Waals surface area contributed by atoms with E-state index in [-0.39, 0.29) is 5.78 Å². The fourth-order valence-electron chi connectivity index (χ4n) is 2.80. The molecule has 0 bridgehead atoms. The number of ketones is 1. The number of rotatable bonds is 3. The molecule has 106 valence electrons. The molecule has 0 aromatic carbocycles. The third-order valence-electron chi connectivity index (χ3n) is 3.97. The van der Waals surface area contributed by atoms with E-state index in [9.17, 15) is 9.90 Å². The Kier molecular flexibility index (Phi) is 3.77. The van der Waals surface area contributed by atoms with Gasteiger partial charge in [0, 0.05) is 18.0 Å². The van der Waals surface area contributed by atoms with Crippen LogP contribution in [0.5, 0.6) is 0 Å². The molecule has 1 fully saturated rings. The molecule has 2 aromatic heterocycles. The van der Waals surface area contributed by atoms with Gasteiger partial charge in [-0.2, -0.15) is 0 Å². The van der Waals surface area contributed by atoms with Gasteiger partial charge >= 0.3 is 0 Å². The monoisotopic (exact) mass is 307 g/mol. The molecule has 0 saturated carbocycles. The Hall–Kier alpha value is -1.01. The predicted molar refractivity (Wildman–Crippen MR) is 82.5 cm³/mol. The van der Waals surface area contributed by atoms with Crippen LogP contribution in [0.2, 0.25) is 0 Å². The molecule has 3 heterocycles. The maximum Gasteiger partial charge on any atom is 0.180 e. The van der Waals surface area contributed by atoms with Gasteiger partial charge in [-0.3, -0.25) is 4.79 Å². The molecule has 20 heavy (non-hydrogen) atoms. The van der Waals surface area contributed by atoms with Crippen LogP contribution in [0.4, 0.5) is 0 Å². The van der Waals surface area contributed by atoms with Gasteiger partial charge < -0.3 is 10.0 Å². The number of hydrogen-bond acceptors (Lipinski definition) is 5. The van der Waals surface area contributed by atoms with Gasteiger partial charge in [0.15, 0.2) is 5.78 Å². The Morgan fingerprint density at radius 1 is 1.35 bits per heavy atom. The lowest BCUT2D eigenvalue weighted by Gasteiger charge is -2.42. The summed E-state index contributed by atoms with van der Waals surface area (Å²) >= 11 is 2.98. The SMILES string of the molecule is CN1CC[C@@](O)(c2cccs2)[C@H](C(=O)c2cccs2)C1. The fraction of sp³-hybridized carbons (Fsp3) is 0.400. The minimum atomic E-state index is -1.03. The summed E-state index contributed by atoms with van der Waals surface area (Å²) in [5.41, 5.74) is -1.03. The number of thiophene rings is 2. The topological polar surface area (TPSA) is 40.5 Å². The first-order valence-corrected chi connectivity index (χ1v) is 8.40. The van der Waals surface area contributed by atoms with E-state index >= 15 is 0 Å². The second kappa shape index (κ2) is 5.41. The van der Waals surface area contributed by atoms with Crippen LogP contribution in [-0.2, 0) is 5.60 Å². The van der Waals surface area contributed by atoms with Crippen molar-refractivity contribution in [2.24, 2.45) is 5.92 Å². The molecule has 3 rings (SSSR count). The predicted octanol–water partition coefficient (Wildman–Crippen LogP) is 2.83. The molecule has 0 unspecified atom stereocenters. The minimum absolute atomic E-state index is 0.0578. The van der Waals surface area contributed by atoms with Crippen molar-refractivity contribution in [2.75, 3.05) is 20.1 Å². The van der Waals surface area contributed by atoms with Crippen molar-refractivity contribution < 1.29 is 9.90 Å². The van der Waals surface area contributed by atoms with Gasteiger partial charge in [-0.15, -0.1) is 22.7 Å². The number of hydrogen-bond donors (Lipinski definition) is 1. The number of Topliss-reactive ketones (excluding diaryl/α,β-unsaturated/α-hetero) is 1. The van der Waals surface area contributed by atoms with E-state index in [4.69, 9.17) is 0 Å². The molecule has 2 atom stereocenters. The fourth-order valence-corrected chi connectivity index (χ4v) is 4.43. The summed E-state index contributed by atoms with van der Waals surface area (Å²) in [5, 5.41) is 15.0. The average molecular weight is 307 g/mol. The number of carbonyl (C=O) groups excluding carboxylic acids is 1. The molecule has 1 aliphatic heterocycles. The Morgan fingerprint density at radius 3 is 2.75 bits per heavy atom. The average Bonchev–Trinajstić information content (AvgIpc) is 3.13. The third kappa shape index (κ3) is 2.35. The third-order valence-corrected chi connectivity index (χ3v) is 5.89. The maximum atomic E-state index is 12.7.